The third-order valence-corrected chi connectivity index (χ3v) is 4.67. The highest BCUT2D eigenvalue weighted by Crippen LogP contribution is 2.35. The van der Waals surface area contributed by atoms with Crippen LogP contribution in [0.15, 0.2) is 30.3 Å². The fourth-order valence-electron chi connectivity index (χ4n) is 3.57. The van der Waals surface area contributed by atoms with E-state index in [1.54, 1.807) is 12.2 Å². The van der Waals surface area contributed by atoms with Crippen LogP contribution in [0.5, 0.6) is 11.5 Å². The molecule has 0 bridgehead atoms. The topological polar surface area (TPSA) is 47.6 Å². The van der Waals surface area contributed by atoms with Gasteiger partial charge in [0.15, 0.2) is 0 Å². The number of rotatable bonds is 5. The largest absolute Gasteiger partial charge is 0.493 e. The van der Waals surface area contributed by atoms with Crippen LogP contribution in [0.1, 0.15) is 41.7 Å². The van der Waals surface area contributed by atoms with Crippen LogP contribution in [-0.4, -0.2) is 18.6 Å². The highest BCUT2D eigenvalue weighted by Gasteiger charge is 2.21. The summed E-state index contributed by atoms with van der Waals surface area (Å²) in [5.41, 5.74) is 6.17. The van der Waals surface area contributed by atoms with Crippen LogP contribution >= 0.6 is 0 Å². The normalized spacial score (nSPS) is 15.5. The summed E-state index contributed by atoms with van der Waals surface area (Å²) in [5, 5.41) is 2.99. The van der Waals surface area contributed by atoms with E-state index in [0.717, 1.165) is 45.9 Å². The molecule has 1 amide bonds. The van der Waals surface area contributed by atoms with Gasteiger partial charge >= 0.3 is 0 Å². The molecule has 1 aliphatic heterocycles. The molecule has 4 nitrogen and oxygen atoms in total. The van der Waals surface area contributed by atoms with Gasteiger partial charge in [0, 0.05) is 29.3 Å². The Bertz CT molecular complexity index is 876. The van der Waals surface area contributed by atoms with Crippen molar-refractivity contribution in [1.82, 2.24) is 0 Å². The van der Waals surface area contributed by atoms with Gasteiger partial charge in [0.1, 0.15) is 17.6 Å². The van der Waals surface area contributed by atoms with Gasteiger partial charge in [0.05, 0.1) is 6.61 Å². The average Bonchev–Trinajstić information content (AvgIpc) is 2.95. The van der Waals surface area contributed by atoms with Crippen molar-refractivity contribution in [2.24, 2.45) is 0 Å². The second-order valence-electron chi connectivity index (χ2n) is 7.16. The Balaban J connectivity index is 1.81. The molecule has 0 saturated heterocycles. The van der Waals surface area contributed by atoms with Gasteiger partial charge in [0.2, 0.25) is 5.91 Å². The Morgan fingerprint density at radius 2 is 1.93 bits per heavy atom. The number of hydrogen-bond donors (Lipinski definition) is 1. The molecule has 1 heterocycles. The average molecular weight is 365 g/mol. The molecule has 0 radical (unpaired) electrons. The van der Waals surface area contributed by atoms with Gasteiger partial charge in [-0.05, 0) is 64.0 Å². The van der Waals surface area contributed by atoms with Crippen LogP contribution in [0.2, 0.25) is 0 Å². The first-order valence-electron chi connectivity index (χ1n) is 9.40. The van der Waals surface area contributed by atoms with Crippen molar-refractivity contribution in [3.05, 3.63) is 58.2 Å². The third kappa shape index (κ3) is 4.33. The SMILES string of the molecule is CCOc1cc2c(cc1/C=C\C(=O)Nc1c(C)cc(C)cc1C)O[C@H](C)C2. The number of nitrogens with one attached hydrogen (secondary N) is 1. The predicted octanol–water partition coefficient (Wildman–Crippen LogP) is 4.99. The quantitative estimate of drug-likeness (QED) is 0.760. The molecule has 0 unspecified atom stereocenters. The number of hydrogen-bond acceptors (Lipinski definition) is 3. The lowest BCUT2D eigenvalue weighted by Gasteiger charge is -2.12. The molecule has 2 aromatic carbocycles. The van der Waals surface area contributed by atoms with E-state index in [9.17, 15) is 4.79 Å². The molecule has 0 aliphatic carbocycles. The number of ether oxygens (including phenoxy) is 2. The van der Waals surface area contributed by atoms with E-state index in [0.29, 0.717) is 6.61 Å². The summed E-state index contributed by atoms with van der Waals surface area (Å²) >= 11 is 0. The molecule has 1 aliphatic rings. The van der Waals surface area contributed by atoms with Crippen LogP contribution in [0.3, 0.4) is 0 Å². The lowest BCUT2D eigenvalue weighted by atomic mass is 10.0. The van der Waals surface area contributed by atoms with E-state index in [4.69, 9.17) is 9.47 Å². The molecule has 1 atom stereocenters. The van der Waals surface area contributed by atoms with Gasteiger partial charge in [-0.3, -0.25) is 4.79 Å². The molecule has 1 N–H and O–H groups in total. The van der Waals surface area contributed by atoms with E-state index in [1.165, 1.54) is 5.56 Å². The number of anilines is 1. The lowest BCUT2D eigenvalue weighted by molar-refractivity contribution is -0.111. The molecule has 0 fully saturated rings. The summed E-state index contributed by atoms with van der Waals surface area (Å²) in [6, 6.07) is 8.11. The number of amides is 1. The smallest absolute Gasteiger partial charge is 0.248 e. The summed E-state index contributed by atoms with van der Waals surface area (Å²) < 4.78 is 11.6. The third-order valence-electron chi connectivity index (χ3n) is 4.67. The molecule has 142 valence electrons. The number of aryl methyl sites for hydroxylation is 3. The van der Waals surface area contributed by atoms with Crippen LogP contribution in [0.25, 0.3) is 6.08 Å². The van der Waals surface area contributed by atoms with Crippen molar-refractivity contribution in [2.45, 2.75) is 47.1 Å². The fourth-order valence-corrected chi connectivity index (χ4v) is 3.57. The number of fused-ring (bicyclic) bond motifs is 1. The predicted molar refractivity (Wildman–Crippen MR) is 110 cm³/mol. The molecule has 0 saturated carbocycles. The summed E-state index contributed by atoms with van der Waals surface area (Å²) in [6.45, 7) is 10.6. The van der Waals surface area contributed by atoms with Gasteiger partial charge in [-0.1, -0.05) is 17.7 Å². The zero-order valence-corrected chi connectivity index (χ0v) is 16.7. The van der Waals surface area contributed by atoms with Gasteiger partial charge in [-0.2, -0.15) is 0 Å². The monoisotopic (exact) mass is 365 g/mol. The Labute approximate surface area is 161 Å². The van der Waals surface area contributed by atoms with Crippen LogP contribution in [0.4, 0.5) is 5.69 Å². The van der Waals surface area contributed by atoms with Gasteiger partial charge in [0.25, 0.3) is 0 Å². The maximum absolute atomic E-state index is 12.5. The Hall–Kier alpha value is -2.75. The van der Waals surface area contributed by atoms with Crippen molar-refractivity contribution in [2.75, 3.05) is 11.9 Å². The van der Waals surface area contributed by atoms with Crippen molar-refractivity contribution >= 4 is 17.7 Å². The highest BCUT2D eigenvalue weighted by molar-refractivity contribution is 6.03. The van der Waals surface area contributed by atoms with Crippen LogP contribution in [0, 0.1) is 20.8 Å². The van der Waals surface area contributed by atoms with E-state index in [1.807, 2.05) is 32.9 Å². The van der Waals surface area contributed by atoms with E-state index >= 15 is 0 Å². The number of benzene rings is 2. The Morgan fingerprint density at radius 3 is 2.59 bits per heavy atom. The molecule has 2 aromatic rings. The van der Waals surface area contributed by atoms with Crippen molar-refractivity contribution in [3.63, 3.8) is 0 Å². The first-order valence-corrected chi connectivity index (χ1v) is 9.40. The number of carbonyl (C=O) groups excluding carboxylic acids is 1. The van der Waals surface area contributed by atoms with Gasteiger partial charge < -0.3 is 14.8 Å². The second kappa shape index (κ2) is 7.87. The van der Waals surface area contributed by atoms with Crippen molar-refractivity contribution in [3.8, 4) is 11.5 Å². The van der Waals surface area contributed by atoms with Crippen molar-refractivity contribution < 1.29 is 14.3 Å². The molecule has 3 rings (SSSR count). The zero-order valence-electron chi connectivity index (χ0n) is 16.7. The van der Waals surface area contributed by atoms with Crippen molar-refractivity contribution in [1.29, 1.82) is 0 Å². The number of carbonyl (C=O) groups is 1. The maximum Gasteiger partial charge on any atom is 0.248 e. The van der Waals surface area contributed by atoms with E-state index in [-0.39, 0.29) is 12.0 Å². The molecular weight excluding hydrogens is 338 g/mol. The fraction of sp³-hybridized carbons (Fsp3) is 0.348. The molecule has 4 heteroatoms. The maximum atomic E-state index is 12.5. The summed E-state index contributed by atoms with van der Waals surface area (Å²) in [6.07, 6.45) is 4.38. The van der Waals surface area contributed by atoms with Gasteiger partial charge in [-0.25, -0.2) is 0 Å². The van der Waals surface area contributed by atoms with E-state index in [2.05, 4.69) is 31.3 Å². The molecule has 0 spiro atoms. The second-order valence-corrected chi connectivity index (χ2v) is 7.16. The first-order chi connectivity index (χ1) is 12.9. The van der Waals surface area contributed by atoms with Gasteiger partial charge in [-0.15, -0.1) is 0 Å². The minimum Gasteiger partial charge on any atom is -0.493 e. The lowest BCUT2D eigenvalue weighted by Crippen LogP contribution is -2.10. The standard InChI is InChI=1S/C23H27NO3/c1-6-26-20-13-19-11-17(5)27-21(19)12-18(20)7-8-22(25)24-23-15(3)9-14(2)10-16(23)4/h7-10,12-13,17H,6,11H2,1-5H3,(H,24,25)/b8-7-/t17-/m1/s1. The van der Waals surface area contributed by atoms with E-state index < -0.39 is 0 Å². The Morgan fingerprint density at radius 1 is 1.22 bits per heavy atom. The molecular formula is C23H27NO3. The molecule has 27 heavy (non-hydrogen) atoms. The zero-order chi connectivity index (χ0) is 19.6. The summed E-state index contributed by atoms with van der Waals surface area (Å²) in [7, 11) is 0. The molecule has 0 aromatic heterocycles. The minimum atomic E-state index is -0.165. The van der Waals surface area contributed by atoms with Crippen LogP contribution in [-0.2, 0) is 11.2 Å². The summed E-state index contributed by atoms with van der Waals surface area (Å²) in [4.78, 5) is 12.5. The minimum absolute atomic E-state index is 0.165. The van der Waals surface area contributed by atoms with Crippen LogP contribution < -0.4 is 14.8 Å². The first kappa shape index (κ1) is 19.0. The highest BCUT2D eigenvalue weighted by atomic mass is 16.5. The Kier molecular flexibility index (Phi) is 5.54. The summed E-state index contributed by atoms with van der Waals surface area (Å²) in [5.74, 6) is 1.49.